The molecule has 1 N–H and O–H groups in total. The molecule has 0 saturated heterocycles. The standard InChI is InChI=1S/C16H19F2N3/c17-13-9-12(10-14(18)11-13)5-7-21-8-6-19-16(21)20-15-3-1-2-4-15/h6,8-11,15H,1-5,7H2,(H,19,20). The van der Waals surface area contributed by atoms with Crippen molar-refractivity contribution in [2.75, 3.05) is 5.32 Å². The van der Waals surface area contributed by atoms with Crippen molar-refractivity contribution in [2.24, 2.45) is 0 Å². The van der Waals surface area contributed by atoms with Crippen LogP contribution in [0.5, 0.6) is 0 Å². The van der Waals surface area contributed by atoms with Gasteiger partial charge in [-0.05, 0) is 37.0 Å². The summed E-state index contributed by atoms with van der Waals surface area (Å²) in [6.07, 6.45) is 9.12. The van der Waals surface area contributed by atoms with Crippen LogP contribution in [0.2, 0.25) is 0 Å². The van der Waals surface area contributed by atoms with E-state index in [1.807, 2.05) is 10.8 Å². The van der Waals surface area contributed by atoms with Crippen LogP contribution in [0.1, 0.15) is 31.2 Å². The Morgan fingerprint density at radius 2 is 1.86 bits per heavy atom. The van der Waals surface area contributed by atoms with Crippen molar-refractivity contribution in [1.82, 2.24) is 9.55 Å². The Kier molecular flexibility index (Phi) is 4.18. The van der Waals surface area contributed by atoms with E-state index in [1.54, 1.807) is 6.20 Å². The maximum Gasteiger partial charge on any atom is 0.202 e. The predicted molar refractivity (Wildman–Crippen MR) is 78.2 cm³/mol. The minimum atomic E-state index is -0.528. The Labute approximate surface area is 123 Å². The van der Waals surface area contributed by atoms with Gasteiger partial charge in [-0.15, -0.1) is 0 Å². The van der Waals surface area contributed by atoms with Crippen LogP contribution in [-0.2, 0) is 13.0 Å². The second-order valence-electron chi connectivity index (χ2n) is 5.60. The van der Waals surface area contributed by atoms with E-state index in [0.717, 1.165) is 12.0 Å². The summed E-state index contributed by atoms with van der Waals surface area (Å²) in [5, 5.41) is 3.45. The maximum atomic E-state index is 13.2. The van der Waals surface area contributed by atoms with Crippen molar-refractivity contribution in [2.45, 2.75) is 44.7 Å². The van der Waals surface area contributed by atoms with E-state index in [0.29, 0.717) is 24.6 Å². The highest BCUT2D eigenvalue weighted by Crippen LogP contribution is 2.21. The second kappa shape index (κ2) is 6.24. The normalized spacial score (nSPS) is 15.5. The summed E-state index contributed by atoms with van der Waals surface area (Å²) in [6, 6.07) is 4.15. The van der Waals surface area contributed by atoms with E-state index in [2.05, 4.69) is 10.3 Å². The van der Waals surface area contributed by atoms with Crippen LogP contribution in [0.3, 0.4) is 0 Å². The van der Waals surface area contributed by atoms with Crippen molar-refractivity contribution in [3.05, 3.63) is 47.8 Å². The number of rotatable bonds is 5. The first-order chi connectivity index (χ1) is 10.2. The van der Waals surface area contributed by atoms with Crippen LogP contribution in [-0.4, -0.2) is 15.6 Å². The number of nitrogens with zero attached hydrogens (tertiary/aromatic N) is 2. The molecule has 2 aromatic rings. The first-order valence-electron chi connectivity index (χ1n) is 7.43. The van der Waals surface area contributed by atoms with Crippen molar-refractivity contribution in [1.29, 1.82) is 0 Å². The van der Waals surface area contributed by atoms with Gasteiger partial charge >= 0.3 is 0 Å². The Morgan fingerprint density at radius 1 is 1.14 bits per heavy atom. The molecule has 1 fully saturated rings. The van der Waals surface area contributed by atoms with Gasteiger partial charge in [-0.1, -0.05) is 12.8 Å². The summed E-state index contributed by atoms with van der Waals surface area (Å²) in [4.78, 5) is 4.33. The van der Waals surface area contributed by atoms with E-state index < -0.39 is 11.6 Å². The summed E-state index contributed by atoms with van der Waals surface area (Å²) < 4.78 is 28.3. The first kappa shape index (κ1) is 14.0. The topological polar surface area (TPSA) is 29.9 Å². The molecule has 0 radical (unpaired) electrons. The number of halogens is 2. The number of aromatic nitrogens is 2. The van der Waals surface area contributed by atoms with Crippen LogP contribution in [0.15, 0.2) is 30.6 Å². The molecular formula is C16H19F2N3. The fourth-order valence-corrected chi connectivity index (χ4v) is 2.89. The first-order valence-corrected chi connectivity index (χ1v) is 7.43. The van der Waals surface area contributed by atoms with Crippen LogP contribution >= 0.6 is 0 Å². The van der Waals surface area contributed by atoms with Gasteiger partial charge in [0.15, 0.2) is 0 Å². The fraction of sp³-hybridized carbons (Fsp3) is 0.438. The minimum Gasteiger partial charge on any atom is -0.353 e. The van der Waals surface area contributed by atoms with E-state index >= 15 is 0 Å². The molecule has 112 valence electrons. The van der Waals surface area contributed by atoms with E-state index in [4.69, 9.17) is 0 Å². The molecular weight excluding hydrogens is 272 g/mol. The zero-order chi connectivity index (χ0) is 14.7. The zero-order valence-electron chi connectivity index (χ0n) is 11.9. The van der Waals surface area contributed by atoms with E-state index in [9.17, 15) is 8.78 Å². The molecule has 1 aliphatic rings. The van der Waals surface area contributed by atoms with Crippen LogP contribution in [0.4, 0.5) is 14.7 Å². The lowest BCUT2D eigenvalue weighted by Crippen LogP contribution is -2.18. The van der Waals surface area contributed by atoms with Gasteiger partial charge in [0, 0.05) is 31.0 Å². The Hall–Kier alpha value is -1.91. The predicted octanol–water partition coefficient (Wildman–Crippen LogP) is 3.76. The largest absolute Gasteiger partial charge is 0.353 e. The lowest BCUT2D eigenvalue weighted by Gasteiger charge is -2.14. The summed E-state index contributed by atoms with van der Waals surface area (Å²) in [7, 11) is 0. The molecule has 1 aromatic heterocycles. The molecule has 3 rings (SSSR count). The smallest absolute Gasteiger partial charge is 0.202 e. The highest BCUT2D eigenvalue weighted by atomic mass is 19.1. The number of benzene rings is 1. The Morgan fingerprint density at radius 3 is 2.57 bits per heavy atom. The number of nitrogens with one attached hydrogen (secondary N) is 1. The van der Waals surface area contributed by atoms with Gasteiger partial charge in [-0.25, -0.2) is 13.8 Å². The SMILES string of the molecule is Fc1cc(F)cc(CCn2ccnc2NC2CCCC2)c1. The number of anilines is 1. The minimum absolute atomic E-state index is 0.498. The summed E-state index contributed by atoms with van der Waals surface area (Å²) in [6.45, 7) is 0.651. The van der Waals surface area contributed by atoms with Crippen LogP contribution in [0, 0.1) is 11.6 Å². The summed E-state index contributed by atoms with van der Waals surface area (Å²) in [5.74, 6) is -0.210. The van der Waals surface area contributed by atoms with Gasteiger partial charge in [0.05, 0.1) is 0 Å². The molecule has 1 aliphatic carbocycles. The summed E-state index contributed by atoms with van der Waals surface area (Å²) >= 11 is 0. The molecule has 0 amide bonds. The third kappa shape index (κ3) is 3.60. The van der Waals surface area contributed by atoms with Gasteiger partial charge in [0.1, 0.15) is 11.6 Å². The van der Waals surface area contributed by atoms with E-state index in [1.165, 1.54) is 37.8 Å². The molecule has 1 aromatic carbocycles. The van der Waals surface area contributed by atoms with Gasteiger partial charge in [0.25, 0.3) is 0 Å². The quantitative estimate of drug-likeness (QED) is 0.909. The third-order valence-electron chi connectivity index (χ3n) is 3.97. The van der Waals surface area contributed by atoms with Crippen LogP contribution < -0.4 is 5.32 Å². The molecule has 3 nitrogen and oxygen atoms in total. The lowest BCUT2D eigenvalue weighted by atomic mass is 10.1. The van der Waals surface area contributed by atoms with Gasteiger partial charge in [0.2, 0.25) is 5.95 Å². The molecule has 0 aliphatic heterocycles. The average Bonchev–Trinajstić information content (AvgIpc) is 3.08. The molecule has 0 atom stereocenters. The van der Waals surface area contributed by atoms with Crippen molar-refractivity contribution >= 4 is 5.95 Å². The fourth-order valence-electron chi connectivity index (χ4n) is 2.89. The number of hydrogen-bond donors (Lipinski definition) is 1. The second-order valence-corrected chi connectivity index (χ2v) is 5.60. The molecule has 0 unspecified atom stereocenters. The van der Waals surface area contributed by atoms with Gasteiger partial charge < -0.3 is 9.88 Å². The Bertz CT molecular complexity index is 583. The van der Waals surface area contributed by atoms with Crippen molar-refractivity contribution < 1.29 is 8.78 Å². The Balaban J connectivity index is 1.63. The molecule has 21 heavy (non-hydrogen) atoms. The highest BCUT2D eigenvalue weighted by molar-refractivity contribution is 5.28. The van der Waals surface area contributed by atoms with Crippen LogP contribution in [0.25, 0.3) is 0 Å². The molecule has 1 saturated carbocycles. The molecule has 1 heterocycles. The van der Waals surface area contributed by atoms with Crippen molar-refractivity contribution in [3.8, 4) is 0 Å². The molecule has 5 heteroatoms. The van der Waals surface area contributed by atoms with Gasteiger partial charge in [-0.2, -0.15) is 0 Å². The molecule has 0 spiro atoms. The third-order valence-corrected chi connectivity index (χ3v) is 3.97. The molecule has 0 bridgehead atoms. The number of aryl methyl sites for hydroxylation is 2. The monoisotopic (exact) mass is 291 g/mol. The maximum absolute atomic E-state index is 13.2. The zero-order valence-corrected chi connectivity index (χ0v) is 11.9. The van der Waals surface area contributed by atoms with Crippen molar-refractivity contribution in [3.63, 3.8) is 0 Å². The number of hydrogen-bond acceptors (Lipinski definition) is 2. The lowest BCUT2D eigenvalue weighted by molar-refractivity contribution is 0.576. The number of imidazole rings is 1. The highest BCUT2D eigenvalue weighted by Gasteiger charge is 2.16. The van der Waals surface area contributed by atoms with E-state index in [-0.39, 0.29) is 0 Å². The average molecular weight is 291 g/mol. The summed E-state index contributed by atoms with van der Waals surface area (Å²) in [5.41, 5.74) is 0.660. The van der Waals surface area contributed by atoms with Gasteiger partial charge in [-0.3, -0.25) is 0 Å².